The number of fused-ring (bicyclic) bond motifs is 2. The number of carbonyl (C=O) groups is 1. The zero-order chi connectivity index (χ0) is 15.9. The van der Waals surface area contributed by atoms with Gasteiger partial charge in [-0.1, -0.05) is 36.7 Å². The Balaban J connectivity index is 2.04. The van der Waals surface area contributed by atoms with Gasteiger partial charge in [-0.05, 0) is 49.7 Å². The van der Waals surface area contributed by atoms with E-state index in [-0.39, 0.29) is 11.5 Å². The first kappa shape index (κ1) is 15.6. The third kappa shape index (κ3) is 2.29. The molecule has 0 radical (unpaired) electrons. The molecular formula is C17H22ClNO3. The lowest BCUT2D eigenvalue weighted by Crippen LogP contribution is -2.54. The van der Waals surface area contributed by atoms with E-state index in [0.29, 0.717) is 17.4 Å². The van der Waals surface area contributed by atoms with Crippen LogP contribution in [-0.2, 0) is 5.41 Å². The molecule has 2 aliphatic carbocycles. The molecule has 1 aromatic carbocycles. The van der Waals surface area contributed by atoms with E-state index in [4.69, 9.17) is 11.6 Å². The number of nitrogens with zero attached hydrogens (tertiary/aromatic N) is 1. The van der Waals surface area contributed by atoms with Crippen LogP contribution >= 0.6 is 11.6 Å². The number of benzene rings is 1. The molecule has 0 aliphatic heterocycles. The van der Waals surface area contributed by atoms with Gasteiger partial charge in [0.15, 0.2) is 0 Å². The summed E-state index contributed by atoms with van der Waals surface area (Å²) in [6.07, 6.45) is 2.21. The summed E-state index contributed by atoms with van der Waals surface area (Å²) in [6, 6.07) is 7.55. The van der Waals surface area contributed by atoms with Gasteiger partial charge in [-0.2, -0.15) is 0 Å². The molecule has 0 heterocycles. The summed E-state index contributed by atoms with van der Waals surface area (Å²) < 4.78 is 0. The molecule has 1 amide bonds. The van der Waals surface area contributed by atoms with E-state index in [0.717, 1.165) is 31.2 Å². The molecule has 2 unspecified atom stereocenters. The molecule has 2 N–H and O–H groups in total. The molecule has 2 saturated carbocycles. The maximum absolute atomic E-state index is 11.8. The van der Waals surface area contributed by atoms with Crippen molar-refractivity contribution < 1.29 is 15.0 Å². The van der Waals surface area contributed by atoms with Gasteiger partial charge >= 0.3 is 6.09 Å². The van der Waals surface area contributed by atoms with Crippen molar-refractivity contribution in [3.8, 4) is 0 Å². The van der Waals surface area contributed by atoms with Crippen molar-refractivity contribution in [3.05, 3.63) is 34.9 Å². The second-order valence-electron chi connectivity index (χ2n) is 6.58. The van der Waals surface area contributed by atoms with E-state index in [2.05, 4.69) is 0 Å². The lowest BCUT2D eigenvalue weighted by molar-refractivity contribution is -0.0321. The largest absolute Gasteiger partial charge is 0.465 e. The van der Waals surface area contributed by atoms with Crippen molar-refractivity contribution in [1.82, 2.24) is 4.90 Å². The zero-order valence-electron chi connectivity index (χ0n) is 12.7. The average molecular weight is 324 g/mol. The van der Waals surface area contributed by atoms with Crippen LogP contribution in [0.1, 0.15) is 44.6 Å². The number of carboxylic acid groups (broad SMARTS) is 1. The van der Waals surface area contributed by atoms with Crippen molar-refractivity contribution in [2.75, 3.05) is 0 Å². The van der Waals surface area contributed by atoms with Gasteiger partial charge in [0, 0.05) is 16.5 Å². The molecule has 22 heavy (non-hydrogen) atoms. The highest BCUT2D eigenvalue weighted by Gasteiger charge is 2.57. The van der Waals surface area contributed by atoms with Crippen LogP contribution in [0.25, 0.3) is 0 Å². The Bertz CT molecular complexity index is 579. The van der Waals surface area contributed by atoms with Crippen LogP contribution in [-0.4, -0.2) is 33.5 Å². The summed E-state index contributed by atoms with van der Waals surface area (Å²) in [4.78, 5) is 13.0. The van der Waals surface area contributed by atoms with Gasteiger partial charge < -0.3 is 10.2 Å². The van der Waals surface area contributed by atoms with Gasteiger partial charge in [0.1, 0.15) is 6.23 Å². The topological polar surface area (TPSA) is 60.8 Å². The van der Waals surface area contributed by atoms with Gasteiger partial charge in [-0.25, -0.2) is 4.79 Å². The van der Waals surface area contributed by atoms with E-state index >= 15 is 0 Å². The van der Waals surface area contributed by atoms with Crippen molar-refractivity contribution in [1.29, 1.82) is 0 Å². The predicted octanol–water partition coefficient (Wildman–Crippen LogP) is 3.86. The lowest BCUT2D eigenvalue weighted by Gasteiger charge is -2.43. The number of halogens is 1. The van der Waals surface area contributed by atoms with Gasteiger partial charge in [-0.3, -0.25) is 4.90 Å². The SMILES string of the molecule is CCC(O)N(C(=O)O)[C@H]1CC2CC[C@@]1(c1ccccc1Cl)C2. The standard InChI is InChI=1S/C17H22ClNO3/c1-2-15(20)19(16(21)22)14-9-11-7-8-17(14,10-11)12-5-3-4-6-13(12)18/h3-6,11,14-15,20H,2,7-10H2,1H3,(H,21,22)/t11?,14-,15?,17-/m0/s1. The summed E-state index contributed by atoms with van der Waals surface area (Å²) in [5, 5.41) is 20.5. The Hall–Kier alpha value is -1.26. The molecule has 0 aromatic heterocycles. The number of rotatable bonds is 4. The molecule has 4 atom stereocenters. The minimum absolute atomic E-state index is 0.196. The van der Waals surface area contributed by atoms with E-state index < -0.39 is 12.3 Å². The molecule has 2 bridgehead atoms. The Kier molecular flexibility index (Phi) is 4.08. The van der Waals surface area contributed by atoms with Gasteiger partial charge in [-0.15, -0.1) is 0 Å². The number of hydrogen-bond donors (Lipinski definition) is 2. The van der Waals surface area contributed by atoms with Crippen molar-refractivity contribution in [3.63, 3.8) is 0 Å². The fraction of sp³-hybridized carbons (Fsp3) is 0.588. The van der Waals surface area contributed by atoms with Crippen LogP contribution < -0.4 is 0 Å². The fourth-order valence-electron chi connectivity index (χ4n) is 4.56. The summed E-state index contributed by atoms with van der Waals surface area (Å²) in [5.74, 6) is 0.521. The quantitative estimate of drug-likeness (QED) is 0.827. The Labute approximate surface area is 135 Å². The Morgan fingerprint density at radius 3 is 2.82 bits per heavy atom. The van der Waals surface area contributed by atoms with Crippen LogP contribution in [0, 0.1) is 5.92 Å². The average Bonchev–Trinajstić information content (AvgIpc) is 3.06. The Morgan fingerprint density at radius 2 is 2.23 bits per heavy atom. The van der Waals surface area contributed by atoms with E-state index in [1.807, 2.05) is 24.3 Å². The highest BCUT2D eigenvalue weighted by molar-refractivity contribution is 6.31. The highest BCUT2D eigenvalue weighted by atomic mass is 35.5. The monoisotopic (exact) mass is 323 g/mol. The minimum Gasteiger partial charge on any atom is -0.465 e. The predicted molar refractivity (Wildman–Crippen MR) is 85.0 cm³/mol. The van der Waals surface area contributed by atoms with E-state index in [1.165, 1.54) is 4.90 Å². The molecule has 4 nitrogen and oxygen atoms in total. The first-order valence-corrected chi connectivity index (χ1v) is 8.31. The maximum atomic E-state index is 11.8. The molecule has 3 rings (SSSR count). The zero-order valence-corrected chi connectivity index (χ0v) is 13.5. The number of aliphatic hydroxyl groups is 1. The number of aliphatic hydroxyl groups excluding tert-OH is 1. The molecule has 2 fully saturated rings. The van der Waals surface area contributed by atoms with Crippen LogP contribution in [0.5, 0.6) is 0 Å². The molecule has 1 aromatic rings. The summed E-state index contributed by atoms with van der Waals surface area (Å²) in [5.41, 5.74) is 0.786. The summed E-state index contributed by atoms with van der Waals surface area (Å²) in [7, 11) is 0. The van der Waals surface area contributed by atoms with Crippen molar-refractivity contribution in [2.45, 2.75) is 56.7 Å². The molecule has 2 aliphatic rings. The van der Waals surface area contributed by atoms with Gasteiger partial charge in [0.05, 0.1) is 0 Å². The first-order valence-electron chi connectivity index (χ1n) is 7.94. The van der Waals surface area contributed by atoms with Gasteiger partial charge in [0.25, 0.3) is 0 Å². The van der Waals surface area contributed by atoms with Crippen molar-refractivity contribution in [2.24, 2.45) is 5.92 Å². The van der Waals surface area contributed by atoms with Crippen LogP contribution in [0.4, 0.5) is 4.79 Å². The summed E-state index contributed by atoms with van der Waals surface area (Å²) in [6.45, 7) is 1.80. The van der Waals surface area contributed by atoms with Crippen LogP contribution in [0.15, 0.2) is 24.3 Å². The molecule has 0 saturated heterocycles. The molecule has 0 spiro atoms. The maximum Gasteiger partial charge on any atom is 0.409 e. The first-order chi connectivity index (χ1) is 10.5. The number of hydrogen-bond acceptors (Lipinski definition) is 2. The molecule has 5 heteroatoms. The lowest BCUT2D eigenvalue weighted by atomic mass is 9.73. The number of amides is 1. The normalized spacial score (nSPS) is 31.2. The molecule has 120 valence electrons. The second-order valence-corrected chi connectivity index (χ2v) is 6.98. The van der Waals surface area contributed by atoms with Crippen LogP contribution in [0.2, 0.25) is 5.02 Å². The molecular weight excluding hydrogens is 302 g/mol. The van der Waals surface area contributed by atoms with E-state index in [1.54, 1.807) is 6.92 Å². The summed E-state index contributed by atoms with van der Waals surface area (Å²) >= 11 is 6.43. The fourth-order valence-corrected chi connectivity index (χ4v) is 4.88. The van der Waals surface area contributed by atoms with Crippen LogP contribution in [0.3, 0.4) is 0 Å². The minimum atomic E-state index is -1.04. The van der Waals surface area contributed by atoms with E-state index in [9.17, 15) is 15.0 Å². The third-order valence-electron chi connectivity index (χ3n) is 5.50. The third-order valence-corrected chi connectivity index (χ3v) is 5.83. The van der Waals surface area contributed by atoms with Gasteiger partial charge in [0.2, 0.25) is 0 Å². The van der Waals surface area contributed by atoms with Crippen molar-refractivity contribution >= 4 is 17.7 Å². The highest BCUT2D eigenvalue weighted by Crippen LogP contribution is 2.58. The smallest absolute Gasteiger partial charge is 0.409 e. The Morgan fingerprint density at radius 1 is 1.50 bits per heavy atom. The second kappa shape index (κ2) is 5.74.